The van der Waals surface area contributed by atoms with Gasteiger partial charge in [-0.05, 0) is 73.7 Å². The van der Waals surface area contributed by atoms with Crippen molar-refractivity contribution in [2.75, 3.05) is 31.2 Å². The van der Waals surface area contributed by atoms with Crippen molar-refractivity contribution in [2.45, 2.75) is 51.7 Å². The molecule has 0 N–H and O–H groups in total. The highest BCUT2D eigenvalue weighted by Crippen LogP contribution is 2.46. The first-order valence-electron chi connectivity index (χ1n) is 10.5. The average molecular weight is 380 g/mol. The minimum absolute atomic E-state index is 0.000666. The number of anilines is 1. The van der Waals surface area contributed by atoms with Crippen LogP contribution in [0.4, 0.5) is 5.69 Å². The van der Waals surface area contributed by atoms with Crippen LogP contribution < -0.4 is 4.90 Å². The number of aldehydes is 1. The maximum absolute atomic E-state index is 11.6. The van der Waals surface area contributed by atoms with Crippen molar-refractivity contribution in [3.63, 3.8) is 0 Å². The van der Waals surface area contributed by atoms with E-state index in [9.17, 15) is 4.79 Å². The van der Waals surface area contributed by atoms with E-state index in [0.29, 0.717) is 19.6 Å². The molecular formula is C24H29NO3. The Balaban J connectivity index is 1.61. The molecule has 0 radical (unpaired) electrons. The second kappa shape index (κ2) is 6.57. The molecular weight excluding hydrogens is 350 g/mol. The number of rotatable bonds is 3. The lowest BCUT2D eigenvalue weighted by molar-refractivity contribution is -0.283. The Hall–Kier alpha value is -1.91. The van der Waals surface area contributed by atoms with E-state index in [4.69, 9.17) is 9.47 Å². The van der Waals surface area contributed by atoms with Crippen LogP contribution in [-0.4, -0.2) is 38.4 Å². The van der Waals surface area contributed by atoms with Gasteiger partial charge in [0, 0.05) is 36.0 Å². The van der Waals surface area contributed by atoms with Gasteiger partial charge in [-0.3, -0.25) is 0 Å². The second-order valence-electron chi connectivity index (χ2n) is 9.26. The molecule has 0 saturated carbocycles. The van der Waals surface area contributed by atoms with Crippen molar-refractivity contribution in [2.24, 2.45) is 5.41 Å². The predicted octanol–water partition coefficient (Wildman–Crippen LogP) is 4.05. The van der Waals surface area contributed by atoms with E-state index in [-0.39, 0.29) is 5.41 Å². The summed E-state index contributed by atoms with van der Waals surface area (Å²) in [5.74, 6) is -0.501. The monoisotopic (exact) mass is 379 g/mol. The van der Waals surface area contributed by atoms with Crippen LogP contribution in [0.1, 0.15) is 43.4 Å². The summed E-state index contributed by atoms with van der Waals surface area (Å²) in [5, 5.41) is 2.54. The molecule has 2 fully saturated rings. The Morgan fingerprint density at radius 1 is 1.07 bits per heavy atom. The maximum Gasteiger partial charge on any atom is 0.162 e. The van der Waals surface area contributed by atoms with E-state index in [1.165, 1.54) is 46.0 Å². The fourth-order valence-electron chi connectivity index (χ4n) is 5.30. The number of carbonyl (C=O) groups is 1. The molecule has 2 saturated heterocycles. The van der Waals surface area contributed by atoms with Gasteiger partial charge in [0.2, 0.25) is 0 Å². The Kier molecular flexibility index (Phi) is 4.25. The van der Waals surface area contributed by atoms with Crippen LogP contribution in [0.25, 0.3) is 10.8 Å². The van der Waals surface area contributed by atoms with Gasteiger partial charge in [0.15, 0.2) is 5.79 Å². The third kappa shape index (κ3) is 2.94. The fourth-order valence-corrected chi connectivity index (χ4v) is 5.30. The van der Waals surface area contributed by atoms with Crippen molar-refractivity contribution >= 4 is 22.7 Å². The minimum Gasteiger partial charge on any atom is -0.371 e. The summed E-state index contributed by atoms with van der Waals surface area (Å²) in [6, 6.07) is 8.97. The van der Waals surface area contributed by atoms with Gasteiger partial charge in [0.05, 0.1) is 13.2 Å². The molecule has 0 atom stereocenters. The highest BCUT2D eigenvalue weighted by molar-refractivity contribution is 5.99. The maximum atomic E-state index is 11.6. The molecule has 1 aliphatic carbocycles. The SMILES string of the molecule is CC1(C)OCC2(CO1)Cc1cc3c(N4CCCC4)cccc3c(CC=O)c1C2. The largest absolute Gasteiger partial charge is 0.371 e. The topological polar surface area (TPSA) is 38.8 Å². The zero-order chi connectivity index (χ0) is 19.4. The average Bonchev–Trinajstić information content (AvgIpc) is 3.32. The molecule has 4 nitrogen and oxygen atoms in total. The Morgan fingerprint density at radius 3 is 2.54 bits per heavy atom. The number of benzene rings is 2. The minimum atomic E-state index is -0.501. The number of ether oxygens (including phenoxy) is 2. The molecule has 148 valence electrons. The number of fused-ring (bicyclic) bond motifs is 2. The fraction of sp³-hybridized carbons (Fsp3) is 0.542. The molecule has 0 aromatic heterocycles. The predicted molar refractivity (Wildman–Crippen MR) is 111 cm³/mol. The van der Waals surface area contributed by atoms with Gasteiger partial charge in [-0.15, -0.1) is 0 Å². The zero-order valence-electron chi connectivity index (χ0n) is 16.9. The molecule has 2 heterocycles. The van der Waals surface area contributed by atoms with Gasteiger partial charge < -0.3 is 19.2 Å². The van der Waals surface area contributed by atoms with Crippen molar-refractivity contribution in [3.8, 4) is 0 Å². The molecule has 4 heteroatoms. The zero-order valence-corrected chi connectivity index (χ0v) is 16.9. The van der Waals surface area contributed by atoms with E-state index >= 15 is 0 Å². The van der Waals surface area contributed by atoms with Crippen LogP contribution in [0.2, 0.25) is 0 Å². The Morgan fingerprint density at radius 2 is 1.82 bits per heavy atom. The summed E-state index contributed by atoms with van der Waals surface area (Å²) in [4.78, 5) is 14.1. The molecule has 2 aliphatic heterocycles. The van der Waals surface area contributed by atoms with Crippen LogP contribution in [0.3, 0.4) is 0 Å². The van der Waals surface area contributed by atoms with Gasteiger partial charge in [0.1, 0.15) is 6.29 Å². The summed E-state index contributed by atoms with van der Waals surface area (Å²) in [6.45, 7) is 7.64. The van der Waals surface area contributed by atoms with E-state index in [1.54, 1.807) is 0 Å². The molecule has 0 bridgehead atoms. The molecule has 0 unspecified atom stereocenters. The summed E-state index contributed by atoms with van der Waals surface area (Å²) in [7, 11) is 0. The molecule has 1 spiro atoms. The quantitative estimate of drug-likeness (QED) is 0.754. The first-order valence-corrected chi connectivity index (χ1v) is 10.5. The normalized spacial score (nSPS) is 22.7. The van der Waals surface area contributed by atoms with Crippen LogP contribution in [0.15, 0.2) is 24.3 Å². The Bertz CT molecular complexity index is 917. The smallest absolute Gasteiger partial charge is 0.162 e. The van der Waals surface area contributed by atoms with E-state index in [2.05, 4.69) is 29.2 Å². The van der Waals surface area contributed by atoms with E-state index < -0.39 is 5.79 Å². The van der Waals surface area contributed by atoms with Crippen LogP contribution >= 0.6 is 0 Å². The molecule has 28 heavy (non-hydrogen) atoms. The first-order chi connectivity index (χ1) is 13.5. The molecule has 5 rings (SSSR count). The van der Waals surface area contributed by atoms with Gasteiger partial charge in [0.25, 0.3) is 0 Å². The standard InChI is InChI=1S/C24H29NO3/c1-23(2)27-15-24(16-28-23)13-17-12-20-18(19(8-11-26)21(17)14-24)6-5-7-22(20)25-9-3-4-10-25/h5-7,11-12H,3-4,8-10,13-16H2,1-2H3. The van der Waals surface area contributed by atoms with Crippen molar-refractivity contribution < 1.29 is 14.3 Å². The van der Waals surface area contributed by atoms with Crippen molar-refractivity contribution in [1.29, 1.82) is 0 Å². The van der Waals surface area contributed by atoms with Gasteiger partial charge >= 0.3 is 0 Å². The lowest BCUT2D eigenvalue weighted by Crippen LogP contribution is -2.47. The van der Waals surface area contributed by atoms with E-state index in [1.807, 2.05) is 13.8 Å². The molecule has 0 amide bonds. The van der Waals surface area contributed by atoms with Crippen molar-refractivity contribution in [3.05, 3.63) is 41.0 Å². The third-order valence-corrected chi connectivity index (χ3v) is 6.78. The molecule has 3 aliphatic rings. The molecule has 2 aromatic carbocycles. The first kappa shape index (κ1) is 18.1. The van der Waals surface area contributed by atoms with Crippen molar-refractivity contribution in [1.82, 2.24) is 0 Å². The second-order valence-corrected chi connectivity index (χ2v) is 9.26. The van der Waals surface area contributed by atoms with Crippen LogP contribution in [0.5, 0.6) is 0 Å². The summed E-state index contributed by atoms with van der Waals surface area (Å²) < 4.78 is 12.1. The summed E-state index contributed by atoms with van der Waals surface area (Å²) in [6.07, 6.45) is 5.96. The molecule has 2 aromatic rings. The Labute approximate surface area is 166 Å². The summed E-state index contributed by atoms with van der Waals surface area (Å²) in [5.41, 5.74) is 5.27. The highest BCUT2D eigenvalue weighted by Gasteiger charge is 2.45. The van der Waals surface area contributed by atoms with Gasteiger partial charge in [-0.1, -0.05) is 12.1 Å². The lowest BCUT2D eigenvalue weighted by atomic mass is 9.85. The number of nitrogens with zero attached hydrogens (tertiary/aromatic N) is 1. The third-order valence-electron chi connectivity index (χ3n) is 6.78. The number of hydrogen-bond donors (Lipinski definition) is 0. The highest BCUT2D eigenvalue weighted by atomic mass is 16.7. The number of hydrogen-bond acceptors (Lipinski definition) is 4. The summed E-state index contributed by atoms with van der Waals surface area (Å²) >= 11 is 0. The number of carbonyl (C=O) groups excluding carboxylic acids is 1. The van der Waals surface area contributed by atoms with Crippen LogP contribution in [0, 0.1) is 5.41 Å². The van der Waals surface area contributed by atoms with E-state index in [0.717, 1.165) is 32.2 Å². The van der Waals surface area contributed by atoms with Gasteiger partial charge in [-0.25, -0.2) is 0 Å². The van der Waals surface area contributed by atoms with Gasteiger partial charge in [-0.2, -0.15) is 0 Å². The lowest BCUT2D eigenvalue weighted by Gasteiger charge is -2.41. The van der Waals surface area contributed by atoms with Crippen LogP contribution in [-0.2, 0) is 33.5 Å².